The van der Waals surface area contributed by atoms with Crippen molar-refractivity contribution in [2.75, 3.05) is 0 Å². The van der Waals surface area contributed by atoms with Crippen LogP contribution in [0.3, 0.4) is 0 Å². The third-order valence-corrected chi connectivity index (χ3v) is 1.82. The molecule has 0 aliphatic rings. The van der Waals surface area contributed by atoms with Gasteiger partial charge >= 0.3 is 0 Å². The van der Waals surface area contributed by atoms with Gasteiger partial charge in [-0.25, -0.2) is 4.39 Å². The van der Waals surface area contributed by atoms with E-state index in [1.807, 2.05) is 0 Å². The zero-order chi connectivity index (χ0) is 9.30. The Labute approximate surface area is 74.2 Å². The molecule has 1 atom stereocenters. The van der Waals surface area contributed by atoms with Crippen molar-refractivity contribution in [3.8, 4) is 5.75 Å². The van der Waals surface area contributed by atoms with Crippen molar-refractivity contribution >= 4 is 11.6 Å². The van der Waals surface area contributed by atoms with Gasteiger partial charge < -0.3 is 10.2 Å². The van der Waals surface area contributed by atoms with Gasteiger partial charge in [0.05, 0.1) is 16.7 Å². The Morgan fingerprint density at radius 1 is 1.50 bits per heavy atom. The van der Waals surface area contributed by atoms with Crippen LogP contribution in [0.2, 0.25) is 5.02 Å². The molecule has 1 aromatic rings. The smallest absolute Gasteiger partial charge is 0.151 e. The summed E-state index contributed by atoms with van der Waals surface area (Å²) in [5, 5.41) is 18.1. The number of benzene rings is 1. The average molecular weight is 191 g/mol. The van der Waals surface area contributed by atoms with E-state index in [0.29, 0.717) is 0 Å². The SMILES string of the molecule is CC(O)c1c(O)ccc(Cl)c1F. The predicted octanol–water partition coefficient (Wildman–Crippen LogP) is 2.24. The van der Waals surface area contributed by atoms with Gasteiger partial charge in [-0.15, -0.1) is 0 Å². The lowest BCUT2D eigenvalue weighted by molar-refractivity contribution is 0.189. The van der Waals surface area contributed by atoms with Crippen LogP contribution in [0.4, 0.5) is 4.39 Å². The van der Waals surface area contributed by atoms with Crippen LogP contribution in [-0.2, 0) is 0 Å². The fourth-order valence-electron chi connectivity index (χ4n) is 0.954. The lowest BCUT2D eigenvalue weighted by Gasteiger charge is -2.09. The molecule has 66 valence electrons. The van der Waals surface area contributed by atoms with Crippen molar-refractivity contribution in [3.05, 3.63) is 28.5 Å². The first-order chi connectivity index (χ1) is 5.54. The van der Waals surface area contributed by atoms with Crippen LogP contribution in [0.15, 0.2) is 12.1 Å². The maximum Gasteiger partial charge on any atom is 0.151 e. The number of aliphatic hydroxyl groups excluding tert-OH is 1. The summed E-state index contributed by atoms with van der Waals surface area (Å²) in [4.78, 5) is 0. The summed E-state index contributed by atoms with van der Waals surface area (Å²) < 4.78 is 13.1. The minimum Gasteiger partial charge on any atom is -0.507 e. The highest BCUT2D eigenvalue weighted by molar-refractivity contribution is 6.30. The van der Waals surface area contributed by atoms with E-state index < -0.39 is 11.9 Å². The Morgan fingerprint density at radius 3 is 2.50 bits per heavy atom. The van der Waals surface area contributed by atoms with Gasteiger partial charge in [0.25, 0.3) is 0 Å². The second kappa shape index (κ2) is 3.29. The molecule has 0 aliphatic heterocycles. The van der Waals surface area contributed by atoms with Crippen molar-refractivity contribution in [3.63, 3.8) is 0 Å². The molecular weight excluding hydrogens is 183 g/mol. The van der Waals surface area contributed by atoms with Crippen LogP contribution < -0.4 is 0 Å². The van der Waals surface area contributed by atoms with Crippen molar-refractivity contribution < 1.29 is 14.6 Å². The van der Waals surface area contributed by atoms with Crippen molar-refractivity contribution in [1.29, 1.82) is 0 Å². The van der Waals surface area contributed by atoms with Crippen molar-refractivity contribution in [1.82, 2.24) is 0 Å². The number of aromatic hydroxyl groups is 1. The Morgan fingerprint density at radius 2 is 2.08 bits per heavy atom. The van der Waals surface area contributed by atoms with Gasteiger partial charge in [-0.2, -0.15) is 0 Å². The number of rotatable bonds is 1. The number of phenolic OH excluding ortho intramolecular Hbond substituents is 1. The topological polar surface area (TPSA) is 40.5 Å². The maximum atomic E-state index is 13.1. The molecule has 0 spiro atoms. The molecule has 4 heteroatoms. The molecule has 2 nitrogen and oxygen atoms in total. The van der Waals surface area contributed by atoms with E-state index >= 15 is 0 Å². The maximum absolute atomic E-state index is 13.1. The van der Waals surface area contributed by atoms with Gasteiger partial charge in [0.1, 0.15) is 5.75 Å². The molecule has 1 rings (SSSR count). The van der Waals surface area contributed by atoms with Crippen LogP contribution in [0.5, 0.6) is 5.75 Å². The standard InChI is InChI=1S/C8H8ClFO2/c1-4(11)7-6(12)3-2-5(9)8(7)10/h2-4,11-12H,1H3. The molecule has 0 radical (unpaired) electrons. The van der Waals surface area contributed by atoms with E-state index in [1.54, 1.807) is 0 Å². The first kappa shape index (κ1) is 9.29. The number of phenols is 1. The van der Waals surface area contributed by atoms with Crippen LogP contribution in [-0.4, -0.2) is 10.2 Å². The van der Waals surface area contributed by atoms with Gasteiger partial charge in [-0.3, -0.25) is 0 Å². The van der Waals surface area contributed by atoms with Gasteiger partial charge in [0.15, 0.2) is 5.82 Å². The summed E-state index contributed by atoms with van der Waals surface area (Å²) in [7, 11) is 0. The van der Waals surface area contributed by atoms with E-state index in [1.165, 1.54) is 19.1 Å². The first-order valence-electron chi connectivity index (χ1n) is 3.39. The normalized spacial score (nSPS) is 13.0. The third kappa shape index (κ3) is 1.52. The molecule has 0 aromatic heterocycles. The second-order valence-corrected chi connectivity index (χ2v) is 2.88. The molecule has 12 heavy (non-hydrogen) atoms. The molecule has 0 fully saturated rings. The molecule has 0 saturated carbocycles. The number of hydrogen-bond donors (Lipinski definition) is 2. The highest BCUT2D eigenvalue weighted by atomic mass is 35.5. The van der Waals surface area contributed by atoms with E-state index in [4.69, 9.17) is 21.8 Å². The molecule has 0 saturated heterocycles. The molecule has 1 aromatic carbocycles. The molecule has 2 N–H and O–H groups in total. The van der Waals surface area contributed by atoms with Crippen molar-refractivity contribution in [2.24, 2.45) is 0 Å². The first-order valence-corrected chi connectivity index (χ1v) is 3.76. The Bertz CT molecular complexity index is 299. The highest BCUT2D eigenvalue weighted by Gasteiger charge is 2.15. The Kier molecular flexibility index (Phi) is 2.55. The molecule has 0 aliphatic carbocycles. The minimum absolute atomic E-state index is 0.108. The predicted molar refractivity (Wildman–Crippen MR) is 43.7 cm³/mol. The lowest BCUT2D eigenvalue weighted by Crippen LogP contribution is -1.96. The molecule has 0 heterocycles. The van der Waals surface area contributed by atoms with Crippen LogP contribution in [0.1, 0.15) is 18.6 Å². The second-order valence-electron chi connectivity index (χ2n) is 2.47. The number of halogens is 2. The molecule has 0 amide bonds. The number of hydrogen-bond acceptors (Lipinski definition) is 2. The van der Waals surface area contributed by atoms with Gasteiger partial charge in [-0.1, -0.05) is 11.6 Å². The van der Waals surface area contributed by atoms with Gasteiger partial charge in [0, 0.05) is 0 Å². The molecule has 0 bridgehead atoms. The zero-order valence-electron chi connectivity index (χ0n) is 6.38. The Hall–Kier alpha value is -0.800. The summed E-state index contributed by atoms with van der Waals surface area (Å²) in [5.74, 6) is -1.06. The van der Waals surface area contributed by atoms with Crippen LogP contribution >= 0.6 is 11.6 Å². The summed E-state index contributed by atoms with van der Waals surface area (Å²) in [6, 6.07) is 2.48. The highest BCUT2D eigenvalue weighted by Crippen LogP contribution is 2.30. The summed E-state index contributed by atoms with van der Waals surface area (Å²) in [6.07, 6.45) is -1.07. The third-order valence-electron chi connectivity index (χ3n) is 1.53. The van der Waals surface area contributed by atoms with E-state index in [-0.39, 0.29) is 16.3 Å². The minimum atomic E-state index is -1.07. The zero-order valence-corrected chi connectivity index (χ0v) is 7.14. The van der Waals surface area contributed by atoms with Gasteiger partial charge in [-0.05, 0) is 19.1 Å². The molecule has 1 unspecified atom stereocenters. The van der Waals surface area contributed by atoms with E-state index in [9.17, 15) is 4.39 Å². The van der Waals surface area contributed by atoms with Crippen molar-refractivity contribution in [2.45, 2.75) is 13.0 Å². The average Bonchev–Trinajstić information content (AvgIpc) is 1.97. The number of aliphatic hydroxyl groups is 1. The summed E-state index contributed by atoms with van der Waals surface area (Å²) in [6.45, 7) is 1.36. The van der Waals surface area contributed by atoms with Gasteiger partial charge in [0.2, 0.25) is 0 Å². The largest absolute Gasteiger partial charge is 0.507 e. The fourth-order valence-corrected chi connectivity index (χ4v) is 1.12. The monoisotopic (exact) mass is 190 g/mol. The van der Waals surface area contributed by atoms with E-state index in [2.05, 4.69) is 0 Å². The summed E-state index contributed by atoms with van der Waals surface area (Å²) >= 11 is 5.43. The van der Waals surface area contributed by atoms with E-state index in [0.717, 1.165) is 0 Å². The molecular formula is C8H8ClFO2. The van der Waals surface area contributed by atoms with Crippen LogP contribution in [0.25, 0.3) is 0 Å². The quantitative estimate of drug-likeness (QED) is 0.713. The van der Waals surface area contributed by atoms with Crippen LogP contribution in [0, 0.1) is 5.82 Å². The Balaban J connectivity index is 3.33. The summed E-state index contributed by atoms with van der Waals surface area (Å²) in [5.41, 5.74) is -0.164. The fraction of sp³-hybridized carbons (Fsp3) is 0.250. The lowest BCUT2D eigenvalue weighted by atomic mass is 10.1.